The van der Waals surface area contributed by atoms with E-state index in [1.807, 2.05) is 19.9 Å². The average Bonchev–Trinajstić information content (AvgIpc) is 3.07. The molecule has 0 radical (unpaired) electrons. The molecule has 2 heterocycles. The predicted octanol–water partition coefficient (Wildman–Crippen LogP) is 2.96. The summed E-state index contributed by atoms with van der Waals surface area (Å²) in [6, 6.07) is 7.77. The molecule has 26 heavy (non-hydrogen) atoms. The molecule has 0 atom stereocenters. The van der Waals surface area contributed by atoms with Gasteiger partial charge in [-0.15, -0.1) is 0 Å². The summed E-state index contributed by atoms with van der Waals surface area (Å²) < 4.78 is 18.5. The van der Waals surface area contributed by atoms with E-state index in [0.717, 1.165) is 17.0 Å². The lowest BCUT2D eigenvalue weighted by Gasteiger charge is -2.07. The van der Waals surface area contributed by atoms with Crippen LogP contribution in [0.3, 0.4) is 0 Å². The minimum Gasteiger partial charge on any atom is -0.441 e. The summed E-state index contributed by atoms with van der Waals surface area (Å²) >= 11 is 0. The highest BCUT2D eigenvalue weighted by molar-refractivity contribution is 5.77. The number of hydrogen-bond donors (Lipinski definition) is 2. The maximum absolute atomic E-state index is 13.0. The third-order valence-corrected chi connectivity index (χ3v) is 3.54. The zero-order chi connectivity index (χ0) is 18.5. The fourth-order valence-corrected chi connectivity index (χ4v) is 2.36. The zero-order valence-electron chi connectivity index (χ0n) is 14.4. The number of hydrazine groups is 1. The number of nitrogens with zero attached hydrogens (tertiary/aromatic N) is 3. The van der Waals surface area contributed by atoms with Gasteiger partial charge in [-0.05, 0) is 44.2 Å². The smallest absolute Gasteiger partial charge is 0.242 e. The summed E-state index contributed by atoms with van der Waals surface area (Å²) in [5, 5.41) is 0. The van der Waals surface area contributed by atoms with Gasteiger partial charge in [0.1, 0.15) is 5.82 Å². The Bertz CT molecular complexity index is 888. The van der Waals surface area contributed by atoms with Crippen molar-refractivity contribution in [3.05, 3.63) is 59.6 Å². The van der Waals surface area contributed by atoms with Crippen LogP contribution in [0.2, 0.25) is 0 Å². The second kappa shape index (κ2) is 7.73. The highest BCUT2D eigenvalue weighted by Crippen LogP contribution is 2.21. The highest BCUT2D eigenvalue weighted by atomic mass is 19.1. The van der Waals surface area contributed by atoms with E-state index in [9.17, 15) is 9.18 Å². The first-order chi connectivity index (χ1) is 12.5. The summed E-state index contributed by atoms with van der Waals surface area (Å²) in [4.78, 5) is 24.4. The number of aromatic nitrogens is 3. The standard InChI is InChI=1S/C18H18FN5O2/c1-11-9-12(2)22-18(21-11)24-23-16(25)7-8-17-20-10-15(26-17)13-3-5-14(19)6-4-13/h3-6,9-10H,7-8H2,1-2H3,(H,23,25)(H,21,22,24). The fourth-order valence-electron chi connectivity index (χ4n) is 2.36. The van der Waals surface area contributed by atoms with Crippen molar-refractivity contribution in [1.82, 2.24) is 20.4 Å². The minimum absolute atomic E-state index is 0.182. The summed E-state index contributed by atoms with van der Waals surface area (Å²) in [7, 11) is 0. The molecule has 0 bridgehead atoms. The Morgan fingerprint density at radius 1 is 1.15 bits per heavy atom. The van der Waals surface area contributed by atoms with Crippen LogP contribution in [0.25, 0.3) is 11.3 Å². The van der Waals surface area contributed by atoms with Gasteiger partial charge in [-0.3, -0.25) is 15.6 Å². The Labute approximate surface area is 149 Å². The molecule has 0 spiro atoms. The van der Waals surface area contributed by atoms with Gasteiger partial charge in [-0.1, -0.05) is 0 Å². The van der Waals surface area contributed by atoms with Gasteiger partial charge in [0.2, 0.25) is 11.9 Å². The highest BCUT2D eigenvalue weighted by Gasteiger charge is 2.09. The van der Waals surface area contributed by atoms with Gasteiger partial charge < -0.3 is 4.42 Å². The number of carbonyl (C=O) groups excluding carboxylic acids is 1. The Hall–Kier alpha value is -3.29. The monoisotopic (exact) mass is 355 g/mol. The third kappa shape index (κ3) is 4.62. The second-order valence-corrected chi connectivity index (χ2v) is 5.77. The average molecular weight is 355 g/mol. The van der Waals surface area contributed by atoms with E-state index in [1.54, 1.807) is 18.3 Å². The second-order valence-electron chi connectivity index (χ2n) is 5.77. The maximum Gasteiger partial charge on any atom is 0.242 e. The molecule has 3 aromatic rings. The van der Waals surface area contributed by atoms with Crippen molar-refractivity contribution < 1.29 is 13.6 Å². The Kier molecular flexibility index (Phi) is 5.21. The number of nitrogens with one attached hydrogen (secondary N) is 2. The van der Waals surface area contributed by atoms with E-state index in [4.69, 9.17) is 4.42 Å². The number of rotatable bonds is 6. The molecule has 134 valence electrons. The summed E-state index contributed by atoms with van der Waals surface area (Å²) in [6.07, 6.45) is 2.08. The van der Waals surface area contributed by atoms with Gasteiger partial charge in [-0.2, -0.15) is 0 Å². The molecule has 1 amide bonds. The summed E-state index contributed by atoms with van der Waals surface area (Å²) in [6.45, 7) is 3.70. The maximum atomic E-state index is 13.0. The lowest BCUT2D eigenvalue weighted by atomic mass is 10.2. The molecule has 1 aromatic carbocycles. The Morgan fingerprint density at radius 3 is 2.54 bits per heavy atom. The number of amides is 1. The van der Waals surface area contributed by atoms with Crippen LogP contribution in [0.1, 0.15) is 23.7 Å². The third-order valence-electron chi connectivity index (χ3n) is 3.54. The minimum atomic E-state index is -0.314. The molecule has 0 fully saturated rings. The molecule has 2 N–H and O–H groups in total. The van der Waals surface area contributed by atoms with Gasteiger partial charge in [-0.25, -0.2) is 19.3 Å². The number of carbonyl (C=O) groups is 1. The predicted molar refractivity (Wildman–Crippen MR) is 93.5 cm³/mol. The van der Waals surface area contributed by atoms with Crippen molar-refractivity contribution in [3.63, 3.8) is 0 Å². The first-order valence-corrected chi connectivity index (χ1v) is 8.07. The molecular formula is C18H18FN5O2. The number of aryl methyl sites for hydroxylation is 3. The molecule has 0 aliphatic carbocycles. The lowest BCUT2D eigenvalue weighted by molar-refractivity contribution is -0.120. The molecular weight excluding hydrogens is 337 g/mol. The molecule has 3 rings (SSSR count). The Balaban J connectivity index is 1.51. The first-order valence-electron chi connectivity index (χ1n) is 8.07. The molecule has 2 aromatic heterocycles. The quantitative estimate of drug-likeness (QED) is 0.661. The van der Waals surface area contributed by atoms with Crippen molar-refractivity contribution in [2.75, 3.05) is 5.43 Å². The van der Waals surface area contributed by atoms with Crippen LogP contribution in [0.15, 0.2) is 40.9 Å². The van der Waals surface area contributed by atoms with Crippen LogP contribution < -0.4 is 10.9 Å². The summed E-state index contributed by atoms with van der Waals surface area (Å²) in [5.41, 5.74) is 7.57. The fraction of sp³-hybridized carbons (Fsp3) is 0.222. The van der Waals surface area contributed by atoms with Crippen molar-refractivity contribution >= 4 is 11.9 Å². The molecule has 0 saturated heterocycles. The number of oxazole rings is 1. The SMILES string of the molecule is Cc1cc(C)nc(NNC(=O)CCc2ncc(-c3ccc(F)cc3)o2)n1. The number of anilines is 1. The largest absolute Gasteiger partial charge is 0.441 e. The number of hydrogen-bond acceptors (Lipinski definition) is 6. The number of benzene rings is 1. The van der Waals surface area contributed by atoms with E-state index < -0.39 is 0 Å². The van der Waals surface area contributed by atoms with Crippen LogP contribution in [0, 0.1) is 19.7 Å². The normalized spacial score (nSPS) is 10.6. The number of halogens is 1. The molecule has 0 aliphatic heterocycles. The van der Waals surface area contributed by atoms with Gasteiger partial charge in [0.05, 0.1) is 6.20 Å². The zero-order valence-corrected chi connectivity index (χ0v) is 14.4. The van der Waals surface area contributed by atoms with Gasteiger partial charge in [0.25, 0.3) is 0 Å². The molecule has 7 nitrogen and oxygen atoms in total. The van der Waals surface area contributed by atoms with Gasteiger partial charge in [0, 0.05) is 29.8 Å². The van der Waals surface area contributed by atoms with Gasteiger partial charge >= 0.3 is 0 Å². The van der Waals surface area contributed by atoms with E-state index in [1.165, 1.54) is 12.1 Å². The Morgan fingerprint density at radius 2 is 1.85 bits per heavy atom. The van der Waals surface area contributed by atoms with E-state index in [2.05, 4.69) is 25.8 Å². The van der Waals surface area contributed by atoms with Crippen molar-refractivity contribution in [1.29, 1.82) is 0 Å². The van der Waals surface area contributed by atoms with Crippen LogP contribution >= 0.6 is 0 Å². The van der Waals surface area contributed by atoms with Crippen LogP contribution in [0.5, 0.6) is 0 Å². The topological polar surface area (TPSA) is 92.9 Å². The molecule has 8 heteroatoms. The molecule has 0 saturated carbocycles. The van der Waals surface area contributed by atoms with Gasteiger partial charge in [0.15, 0.2) is 11.7 Å². The van der Waals surface area contributed by atoms with Crippen molar-refractivity contribution in [2.45, 2.75) is 26.7 Å². The summed E-state index contributed by atoms with van der Waals surface area (Å²) in [5.74, 6) is 0.745. The molecule has 0 aliphatic rings. The first kappa shape index (κ1) is 17.5. The molecule has 0 unspecified atom stereocenters. The van der Waals surface area contributed by atoms with E-state index >= 15 is 0 Å². The van der Waals surface area contributed by atoms with Crippen LogP contribution in [0.4, 0.5) is 10.3 Å². The van der Waals surface area contributed by atoms with E-state index in [-0.39, 0.29) is 18.1 Å². The van der Waals surface area contributed by atoms with Crippen LogP contribution in [-0.2, 0) is 11.2 Å². The van der Waals surface area contributed by atoms with Crippen molar-refractivity contribution in [3.8, 4) is 11.3 Å². The van der Waals surface area contributed by atoms with Crippen molar-refractivity contribution in [2.24, 2.45) is 0 Å². The lowest BCUT2D eigenvalue weighted by Crippen LogP contribution is -2.30. The van der Waals surface area contributed by atoms with E-state index in [0.29, 0.717) is 24.0 Å². The van der Waals surface area contributed by atoms with Crippen LogP contribution in [-0.4, -0.2) is 20.9 Å².